The standard InChI is InChI=1S/C14H13F3N2O3S/c1-8-9(2)21-13(18-8)23-7-12(20)19-10-3-5-11(6-4-10)22-14(15,16)17/h3-6H,7H2,1-2H3,(H,19,20). The highest BCUT2D eigenvalue weighted by molar-refractivity contribution is 7.99. The lowest BCUT2D eigenvalue weighted by atomic mass is 10.3. The third-order valence-electron chi connectivity index (χ3n) is 2.71. The van der Waals surface area contributed by atoms with Crippen molar-refractivity contribution in [3.05, 3.63) is 35.7 Å². The van der Waals surface area contributed by atoms with Gasteiger partial charge in [0.05, 0.1) is 11.4 Å². The van der Waals surface area contributed by atoms with E-state index in [1.807, 2.05) is 0 Å². The quantitative estimate of drug-likeness (QED) is 0.832. The average Bonchev–Trinajstić information content (AvgIpc) is 2.76. The van der Waals surface area contributed by atoms with Gasteiger partial charge in [0.2, 0.25) is 5.91 Å². The van der Waals surface area contributed by atoms with E-state index in [1.165, 1.54) is 12.1 Å². The van der Waals surface area contributed by atoms with Crippen molar-refractivity contribution in [3.63, 3.8) is 0 Å². The van der Waals surface area contributed by atoms with Crippen LogP contribution in [0.4, 0.5) is 18.9 Å². The van der Waals surface area contributed by atoms with Gasteiger partial charge in [0.25, 0.3) is 5.22 Å². The summed E-state index contributed by atoms with van der Waals surface area (Å²) in [6.45, 7) is 3.57. The number of aryl methyl sites for hydroxylation is 2. The lowest BCUT2D eigenvalue weighted by Gasteiger charge is -2.09. The maximum atomic E-state index is 12.0. The van der Waals surface area contributed by atoms with E-state index in [9.17, 15) is 18.0 Å². The summed E-state index contributed by atoms with van der Waals surface area (Å²) in [6, 6.07) is 4.89. The Hall–Kier alpha value is -2.16. The van der Waals surface area contributed by atoms with Gasteiger partial charge in [-0.2, -0.15) is 0 Å². The van der Waals surface area contributed by atoms with Crippen LogP contribution in [0.25, 0.3) is 0 Å². The smallest absolute Gasteiger partial charge is 0.437 e. The predicted molar refractivity (Wildman–Crippen MR) is 78.5 cm³/mol. The number of halogens is 3. The minimum atomic E-state index is -4.74. The molecule has 0 radical (unpaired) electrons. The second-order valence-electron chi connectivity index (χ2n) is 4.53. The summed E-state index contributed by atoms with van der Waals surface area (Å²) >= 11 is 1.13. The van der Waals surface area contributed by atoms with E-state index >= 15 is 0 Å². The summed E-state index contributed by atoms with van der Waals surface area (Å²) < 4.78 is 45.2. The molecule has 0 fully saturated rings. The predicted octanol–water partition coefficient (Wildman–Crippen LogP) is 3.92. The molecular weight excluding hydrogens is 333 g/mol. The lowest BCUT2D eigenvalue weighted by molar-refractivity contribution is -0.274. The van der Waals surface area contributed by atoms with E-state index in [2.05, 4.69) is 15.0 Å². The fraction of sp³-hybridized carbons (Fsp3) is 0.286. The molecule has 0 unspecified atom stereocenters. The normalized spacial score (nSPS) is 11.3. The number of amides is 1. The van der Waals surface area contributed by atoms with Crippen LogP contribution in [0.2, 0.25) is 0 Å². The lowest BCUT2D eigenvalue weighted by Crippen LogP contribution is -2.17. The van der Waals surface area contributed by atoms with E-state index < -0.39 is 6.36 Å². The van der Waals surface area contributed by atoms with Gasteiger partial charge < -0.3 is 14.5 Å². The van der Waals surface area contributed by atoms with Crippen LogP contribution < -0.4 is 10.1 Å². The molecule has 2 rings (SSSR count). The molecule has 2 aromatic rings. The Labute approximate surface area is 134 Å². The Balaban J connectivity index is 1.85. The topological polar surface area (TPSA) is 64.4 Å². The number of thioether (sulfide) groups is 1. The molecule has 124 valence electrons. The monoisotopic (exact) mass is 346 g/mol. The molecule has 23 heavy (non-hydrogen) atoms. The number of nitrogens with zero attached hydrogens (tertiary/aromatic N) is 1. The molecule has 0 bridgehead atoms. The fourth-order valence-electron chi connectivity index (χ4n) is 1.57. The number of hydrogen-bond donors (Lipinski definition) is 1. The Morgan fingerprint density at radius 2 is 1.96 bits per heavy atom. The van der Waals surface area contributed by atoms with Gasteiger partial charge >= 0.3 is 6.36 Å². The Morgan fingerprint density at radius 3 is 2.48 bits per heavy atom. The zero-order chi connectivity index (χ0) is 17.0. The number of ether oxygens (including phenoxy) is 1. The summed E-state index contributed by atoms with van der Waals surface area (Å²) in [6.07, 6.45) is -4.74. The van der Waals surface area contributed by atoms with Crippen LogP contribution in [0, 0.1) is 13.8 Å². The number of nitrogens with one attached hydrogen (secondary N) is 1. The molecule has 0 saturated carbocycles. The number of alkyl halides is 3. The second kappa shape index (κ2) is 6.95. The van der Waals surface area contributed by atoms with Gasteiger partial charge in [0.1, 0.15) is 11.5 Å². The first-order chi connectivity index (χ1) is 10.7. The molecule has 1 aromatic carbocycles. The van der Waals surface area contributed by atoms with Crippen molar-refractivity contribution < 1.29 is 27.1 Å². The van der Waals surface area contributed by atoms with E-state index in [0.717, 1.165) is 29.6 Å². The molecule has 0 saturated heterocycles. The highest BCUT2D eigenvalue weighted by Crippen LogP contribution is 2.24. The van der Waals surface area contributed by atoms with Gasteiger partial charge in [-0.05, 0) is 38.1 Å². The zero-order valence-electron chi connectivity index (χ0n) is 12.2. The molecule has 0 aliphatic rings. The molecule has 1 amide bonds. The van der Waals surface area contributed by atoms with Crippen molar-refractivity contribution in [3.8, 4) is 5.75 Å². The van der Waals surface area contributed by atoms with Crippen molar-refractivity contribution in [2.75, 3.05) is 11.1 Å². The number of rotatable bonds is 5. The molecule has 0 spiro atoms. The van der Waals surface area contributed by atoms with E-state index in [4.69, 9.17) is 4.42 Å². The molecule has 0 aliphatic carbocycles. The zero-order valence-corrected chi connectivity index (χ0v) is 13.0. The van der Waals surface area contributed by atoms with Crippen LogP contribution in [-0.4, -0.2) is 23.0 Å². The second-order valence-corrected chi connectivity index (χ2v) is 5.46. The molecule has 1 N–H and O–H groups in total. The Morgan fingerprint density at radius 1 is 1.30 bits per heavy atom. The maximum absolute atomic E-state index is 12.0. The minimum Gasteiger partial charge on any atom is -0.437 e. The molecule has 5 nitrogen and oxygen atoms in total. The number of benzene rings is 1. The number of anilines is 1. The first-order valence-corrected chi connectivity index (χ1v) is 7.44. The average molecular weight is 346 g/mol. The third-order valence-corrected chi connectivity index (χ3v) is 3.54. The summed E-state index contributed by atoms with van der Waals surface area (Å²) in [5.74, 6) is 0.0805. The van der Waals surface area contributed by atoms with Gasteiger partial charge in [0.15, 0.2) is 0 Å². The molecule has 0 aliphatic heterocycles. The summed E-state index contributed by atoms with van der Waals surface area (Å²) in [4.78, 5) is 15.9. The Bertz CT molecular complexity index is 664. The van der Waals surface area contributed by atoms with Crippen LogP contribution in [0.3, 0.4) is 0 Å². The summed E-state index contributed by atoms with van der Waals surface area (Å²) in [7, 11) is 0. The first kappa shape index (κ1) is 17.2. The van der Waals surface area contributed by atoms with Crippen molar-refractivity contribution in [2.24, 2.45) is 0 Å². The van der Waals surface area contributed by atoms with Crippen molar-refractivity contribution in [1.29, 1.82) is 0 Å². The molecule has 0 atom stereocenters. The highest BCUT2D eigenvalue weighted by Gasteiger charge is 2.30. The van der Waals surface area contributed by atoms with Crippen molar-refractivity contribution in [2.45, 2.75) is 25.4 Å². The summed E-state index contributed by atoms with van der Waals surface area (Å²) in [5, 5.41) is 2.95. The fourth-order valence-corrected chi connectivity index (χ4v) is 2.28. The third kappa shape index (κ3) is 5.51. The number of oxazole rings is 1. The Kier molecular flexibility index (Phi) is 5.19. The minimum absolute atomic E-state index is 0.0696. The van der Waals surface area contributed by atoms with Crippen LogP contribution in [0.1, 0.15) is 11.5 Å². The molecule has 1 heterocycles. The number of carbonyl (C=O) groups is 1. The molecule has 9 heteroatoms. The molecule has 1 aromatic heterocycles. The number of hydrogen-bond acceptors (Lipinski definition) is 5. The maximum Gasteiger partial charge on any atom is 0.573 e. The van der Waals surface area contributed by atoms with Gasteiger partial charge in [-0.25, -0.2) is 4.98 Å². The number of carbonyl (C=O) groups excluding carboxylic acids is 1. The van der Waals surface area contributed by atoms with Gasteiger partial charge in [-0.15, -0.1) is 13.2 Å². The van der Waals surface area contributed by atoms with Crippen molar-refractivity contribution in [1.82, 2.24) is 4.98 Å². The van der Waals surface area contributed by atoms with Gasteiger partial charge in [0, 0.05) is 5.69 Å². The highest BCUT2D eigenvalue weighted by atomic mass is 32.2. The van der Waals surface area contributed by atoms with E-state index in [1.54, 1.807) is 13.8 Å². The van der Waals surface area contributed by atoms with E-state index in [0.29, 0.717) is 16.7 Å². The van der Waals surface area contributed by atoms with Crippen LogP contribution in [0.15, 0.2) is 33.9 Å². The largest absolute Gasteiger partial charge is 0.573 e. The van der Waals surface area contributed by atoms with Crippen LogP contribution >= 0.6 is 11.8 Å². The SMILES string of the molecule is Cc1nc(SCC(=O)Nc2ccc(OC(F)(F)F)cc2)oc1C. The van der Waals surface area contributed by atoms with Crippen molar-refractivity contribution >= 4 is 23.4 Å². The van der Waals surface area contributed by atoms with Gasteiger partial charge in [-0.3, -0.25) is 4.79 Å². The van der Waals surface area contributed by atoms with Gasteiger partial charge in [-0.1, -0.05) is 11.8 Å². The van der Waals surface area contributed by atoms with Crippen LogP contribution in [0.5, 0.6) is 5.75 Å². The summed E-state index contributed by atoms with van der Waals surface area (Å²) in [5.41, 5.74) is 1.12. The van der Waals surface area contributed by atoms with Crippen LogP contribution in [-0.2, 0) is 4.79 Å². The first-order valence-electron chi connectivity index (χ1n) is 6.45. The van der Waals surface area contributed by atoms with E-state index in [-0.39, 0.29) is 17.4 Å². The number of aromatic nitrogens is 1. The molecular formula is C14H13F3N2O3S.